The number of thiophene rings is 1. The van der Waals surface area contributed by atoms with Gasteiger partial charge in [0.15, 0.2) is 5.58 Å². The van der Waals surface area contributed by atoms with E-state index in [1.165, 1.54) is 31.3 Å². The van der Waals surface area contributed by atoms with Crippen molar-refractivity contribution < 1.29 is 4.42 Å². The maximum Gasteiger partial charge on any atom is 0.158 e. The number of anilines is 2. The summed E-state index contributed by atoms with van der Waals surface area (Å²) in [6.07, 6.45) is 0. The lowest BCUT2D eigenvalue weighted by Crippen LogP contribution is -1.90. The van der Waals surface area contributed by atoms with Crippen molar-refractivity contribution in [3.8, 4) is 11.1 Å². The van der Waals surface area contributed by atoms with E-state index in [1.54, 1.807) is 0 Å². The zero-order valence-electron chi connectivity index (χ0n) is 17.7. The van der Waals surface area contributed by atoms with Gasteiger partial charge >= 0.3 is 0 Å². The van der Waals surface area contributed by atoms with E-state index in [-0.39, 0.29) is 0 Å². The summed E-state index contributed by atoms with van der Waals surface area (Å²) in [6.45, 7) is 0. The molecule has 0 fully saturated rings. The van der Waals surface area contributed by atoms with Crippen molar-refractivity contribution in [1.29, 1.82) is 0 Å². The summed E-state index contributed by atoms with van der Waals surface area (Å²) < 4.78 is 8.81. The zero-order valence-corrected chi connectivity index (χ0v) is 18.5. The normalized spacial score (nSPS) is 11.6. The minimum absolute atomic E-state index is 0.891. The molecular formula is C30H19NOS. The molecule has 7 rings (SSSR count). The molecule has 2 heterocycles. The Morgan fingerprint density at radius 1 is 0.515 bits per heavy atom. The molecule has 2 nitrogen and oxygen atoms in total. The van der Waals surface area contributed by atoms with Gasteiger partial charge in [-0.2, -0.15) is 0 Å². The van der Waals surface area contributed by atoms with E-state index in [2.05, 4.69) is 102 Å². The molecule has 0 spiro atoms. The van der Waals surface area contributed by atoms with Gasteiger partial charge in [-0.25, -0.2) is 0 Å². The highest BCUT2D eigenvalue weighted by Gasteiger charge is 2.15. The molecule has 0 saturated carbocycles. The molecule has 7 aromatic rings. The Labute approximate surface area is 194 Å². The molecule has 0 atom stereocenters. The maximum absolute atomic E-state index is 6.24. The zero-order chi connectivity index (χ0) is 21.8. The fraction of sp³-hybridized carbons (Fsp3) is 0. The summed E-state index contributed by atoms with van der Waals surface area (Å²) >= 11 is 1.85. The Morgan fingerprint density at radius 2 is 1.18 bits per heavy atom. The van der Waals surface area contributed by atoms with Gasteiger partial charge in [-0.3, -0.25) is 0 Å². The molecule has 0 bridgehead atoms. The van der Waals surface area contributed by atoms with Crippen LogP contribution in [0.5, 0.6) is 0 Å². The SMILES string of the molecule is c1ccc(-c2cccc3c2sc2c(Nc4cccc5c4oc4ccccc45)cccc23)cc1. The number of rotatable bonds is 3. The van der Waals surface area contributed by atoms with E-state index < -0.39 is 0 Å². The van der Waals surface area contributed by atoms with Crippen LogP contribution in [0.4, 0.5) is 11.4 Å². The number of hydrogen-bond acceptors (Lipinski definition) is 3. The number of benzene rings is 5. The van der Waals surface area contributed by atoms with E-state index in [4.69, 9.17) is 4.42 Å². The molecule has 3 heteroatoms. The summed E-state index contributed by atoms with van der Waals surface area (Å²) in [5.74, 6) is 0. The molecule has 0 aliphatic carbocycles. The Balaban J connectivity index is 1.42. The molecule has 0 unspecified atom stereocenters. The highest BCUT2D eigenvalue weighted by molar-refractivity contribution is 7.27. The highest BCUT2D eigenvalue weighted by atomic mass is 32.1. The van der Waals surface area contributed by atoms with Gasteiger partial charge in [0.05, 0.1) is 16.1 Å². The van der Waals surface area contributed by atoms with Crippen LogP contribution in [0.2, 0.25) is 0 Å². The molecule has 1 N–H and O–H groups in total. The third-order valence-electron chi connectivity index (χ3n) is 6.28. The van der Waals surface area contributed by atoms with Crippen LogP contribution in [0.15, 0.2) is 114 Å². The maximum atomic E-state index is 6.24. The van der Waals surface area contributed by atoms with E-state index in [1.807, 2.05) is 23.5 Å². The summed E-state index contributed by atoms with van der Waals surface area (Å²) in [7, 11) is 0. The second kappa shape index (κ2) is 7.22. The molecule has 0 saturated heterocycles. The molecule has 156 valence electrons. The topological polar surface area (TPSA) is 25.2 Å². The van der Waals surface area contributed by atoms with Gasteiger partial charge in [-0.15, -0.1) is 11.3 Å². The number of nitrogens with one attached hydrogen (secondary N) is 1. The second-order valence-electron chi connectivity index (χ2n) is 8.24. The van der Waals surface area contributed by atoms with Gasteiger partial charge in [0.2, 0.25) is 0 Å². The monoisotopic (exact) mass is 441 g/mol. The van der Waals surface area contributed by atoms with Gasteiger partial charge in [0.1, 0.15) is 5.58 Å². The van der Waals surface area contributed by atoms with E-state index in [0.717, 1.165) is 33.3 Å². The lowest BCUT2D eigenvalue weighted by molar-refractivity contribution is 0.670. The fourth-order valence-electron chi connectivity index (χ4n) is 4.75. The first-order valence-corrected chi connectivity index (χ1v) is 11.9. The molecule has 0 aliphatic heterocycles. The van der Waals surface area contributed by atoms with E-state index >= 15 is 0 Å². The van der Waals surface area contributed by atoms with Crippen LogP contribution in [-0.4, -0.2) is 0 Å². The Hall–Kier alpha value is -4.08. The largest absolute Gasteiger partial charge is 0.454 e. The third kappa shape index (κ3) is 2.86. The minimum Gasteiger partial charge on any atom is -0.454 e. The standard InChI is InChI=1S/C30H19NOS/c1-2-9-19(10-3-1)20-12-6-14-23-24-15-8-17-26(30(24)33-29(20)23)31-25-16-7-13-22-21-11-4-5-18-27(21)32-28(22)25/h1-18,31H. The molecule has 2 aromatic heterocycles. The van der Waals surface area contributed by atoms with Gasteiger partial charge < -0.3 is 9.73 Å². The van der Waals surface area contributed by atoms with Crippen molar-refractivity contribution in [3.05, 3.63) is 109 Å². The smallest absolute Gasteiger partial charge is 0.158 e. The van der Waals surface area contributed by atoms with Crippen molar-refractivity contribution in [2.45, 2.75) is 0 Å². The Kier molecular flexibility index (Phi) is 4.05. The first-order chi connectivity index (χ1) is 16.4. The molecule has 0 amide bonds. The van der Waals surface area contributed by atoms with Crippen molar-refractivity contribution >= 4 is 64.8 Å². The van der Waals surface area contributed by atoms with E-state index in [0.29, 0.717) is 0 Å². The molecular weight excluding hydrogens is 422 g/mol. The van der Waals surface area contributed by atoms with Crippen molar-refractivity contribution in [2.24, 2.45) is 0 Å². The average Bonchev–Trinajstić information content (AvgIpc) is 3.44. The van der Waals surface area contributed by atoms with Crippen LogP contribution in [0.1, 0.15) is 0 Å². The molecule has 0 aliphatic rings. The average molecular weight is 442 g/mol. The van der Waals surface area contributed by atoms with Crippen molar-refractivity contribution in [2.75, 3.05) is 5.32 Å². The van der Waals surface area contributed by atoms with E-state index in [9.17, 15) is 0 Å². The fourth-order valence-corrected chi connectivity index (χ4v) is 6.06. The van der Waals surface area contributed by atoms with Crippen LogP contribution >= 0.6 is 11.3 Å². The van der Waals surface area contributed by atoms with Gasteiger partial charge in [0, 0.05) is 26.2 Å². The number of fused-ring (bicyclic) bond motifs is 6. The van der Waals surface area contributed by atoms with Crippen molar-refractivity contribution in [3.63, 3.8) is 0 Å². The summed E-state index contributed by atoms with van der Waals surface area (Å²) in [5.41, 5.74) is 6.41. The first-order valence-electron chi connectivity index (χ1n) is 11.0. The number of furan rings is 1. The van der Waals surface area contributed by atoms with Crippen molar-refractivity contribution in [1.82, 2.24) is 0 Å². The number of hydrogen-bond donors (Lipinski definition) is 1. The third-order valence-corrected chi connectivity index (χ3v) is 7.57. The lowest BCUT2D eigenvalue weighted by Gasteiger charge is -2.08. The Morgan fingerprint density at radius 3 is 2.06 bits per heavy atom. The predicted molar refractivity (Wildman–Crippen MR) is 142 cm³/mol. The van der Waals surface area contributed by atoms with Crippen LogP contribution in [0.25, 0.3) is 53.2 Å². The summed E-state index contributed by atoms with van der Waals surface area (Å²) in [5, 5.41) is 8.53. The minimum atomic E-state index is 0.891. The molecule has 5 aromatic carbocycles. The van der Waals surface area contributed by atoms with Crippen LogP contribution in [0, 0.1) is 0 Å². The van der Waals surface area contributed by atoms with Gasteiger partial charge in [-0.05, 0) is 29.3 Å². The van der Waals surface area contributed by atoms with Crippen LogP contribution in [0.3, 0.4) is 0 Å². The summed E-state index contributed by atoms with van der Waals surface area (Å²) in [6, 6.07) is 38.2. The lowest BCUT2D eigenvalue weighted by atomic mass is 10.0. The first kappa shape index (κ1) is 18.5. The van der Waals surface area contributed by atoms with Gasteiger partial charge in [-0.1, -0.05) is 91.0 Å². The quantitative estimate of drug-likeness (QED) is 0.295. The van der Waals surface area contributed by atoms with Crippen LogP contribution in [-0.2, 0) is 0 Å². The molecule has 0 radical (unpaired) electrons. The highest BCUT2D eigenvalue weighted by Crippen LogP contribution is 2.44. The second-order valence-corrected chi connectivity index (χ2v) is 9.26. The Bertz CT molecular complexity index is 1790. The van der Waals surface area contributed by atoms with Gasteiger partial charge in [0.25, 0.3) is 0 Å². The number of para-hydroxylation sites is 2. The van der Waals surface area contributed by atoms with Crippen LogP contribution < -0.4 is 5.32 Å². The summed E-state index contributed by atoms with van der Waals surface area (Å²) in [4.78, 5) is 0. The molecule has 33 heavy (non-hydrogen) atoms. The predicted octanol–water partition coefficient (Wildman–Crippen LogP) is 9.36.